The van der Waals surface area contributed by atoms with Gasteiger partial charge in [-0.05, 0) is 44.0 Å². The summed E-state index contributed by atoms with van der Waals surface area (Å²) in [7, 11) is 1.60. The fourth-order valence-electron chi connectivity index (χ4n) is 1.56. The summed E-state index contributed by atoms with van der Waals surface area (Å²) in [5.74, 6) is 0.716. The summed E-state index contributed by atoms with van der Waals surface area (Å²) >= 11 is 8.02. The van der Waals surface area contributed by atoms with Crippen LogP contribution in [0.2, 0.25) is 0 Å². The SMILES string of the molecule is COc1cc(NCc2ccc([N+](=O)[O-])s2)c(Br)cc1Br. The van der Waals surface area contributed by atoms with E-state index in [1.165, 1.54) is 6.07 Å². The van der Waals surface area contributed by atoms with Crippen molar-refractivity contribution >= 4 is 53.9 Å². The van der Waals surface area contributed by atoms with E-state index < -0.39 is 0 Å². The minimum atomic E-state index is -0.382. The normalized spacial score (nSPS) is 10.3. The number of nitro groups is 1. The van der Waals surface area contributed by atoms with Crippen LogP contribution < -0.4 is 10.1 Å². The van der Waals surface area contributed by atoms with E-state index in [1.807, 2.05) is 12.1 Å². The van der Waals surface area contributed by atoms with Gasteiger partial charge in [-0.1, -0.05) is 11.3 Å². The number of nitrogens with zero attached hydrogens (tertiary/aromatic N) is 1. The summed E-state index contributed by atoms with van der Waals surface area (Å²) in [5.41, 5.74) is 0.862. The standard InChI is InChI=1S/C12H10Br2N2O3S/c1-19-11-5-10(8(13)4-9(11)14)15-6-7-2-3-12(20-7)16(17)18/h2-5,15H,6H2,1H3. The highest BCUT2D eigenvalue weighted by Gasteiger charge is 2.11. The van der Waals surface area contributed by atoms with Crippen molar-refractivity contribution < 1.29 is 9.66 Å². The fourth-order valence-corrected chi connectivity index (χ4v) is 3.62. The Kier molecular flexibility index (Phi) is 5.00. The third-order valence-corrected chi connectivity index (χ3v) is 4.83. The van der Waals surface area contributed by atoms with Gasteiger partial charge in [0.25, 0.3) is 0 Å². The molecule has 1 aromatic heterocycles. The van der Waals surface area contributed by atoms with E-state index in [0.717, 1.165) is 30.8 Å². The van der Waals surface area contributed by atoms with Gasteiger partial charge in [0, 0.05) is 28.0 Å². The third kappa shape index (κ3) is 3.50. The van der Waals surface area contributed by atoms with Gasteiger partial charge in [0.15, 0.2) is 0 Å². The first-order chi connectivity index (χ1) is 9.51. The van der Waals surface area contributed by atoms with Crippen molar-refractivity contribution in [2.45, 2.75) is 6.54 Å². The lowest BCUT2D eigenvalue weighted by Gasteiger charge is -2.11. The second-order valence-electron chi connectivity index (χ2n) is 3.82. The molecule has 2 rings (SSSR count). The molecule has 2 aromatic rings. The third-order valence-electron chi connectivity index (χ3n) is 2.52. The zero-order valence-electron chi connectivity index (χ0n) is 10.4. The largest absolute Gasteiger partial charge is 0.495 e. The predicted molar refractivity (Wildman–Crippen MR) is 86.7 cm³/mol. The molecule has 0 amide bonds. The van der Waals surface area contributed by atoms with E-state index in [4.69, 9.17) is 4.74 Å². The topological polar surface area (TPSA) is 64.4 Å². The van der Waals surface area contributed by atoms with Gasteiger partial charge in [0.1, 0.15) is 5.75 Å². The summed E-state index contributed by atoms with van der Waals surface area (Å²) in [6.07, 6.45) is 0. The fraction of sp³-hybridized carbons (Fsp3) is 0.167. The van der Waals surface area contributed by atoms with Crippen molar-refractivity contribution in [3.8, 4) is 5.75 Å². The van der Waals surface area contributed by atoms with Crippen molar-refractivity contribution in [2.75, 3.05) is 12.4 Å². The van der Waals surface area contributed by atoms with Gasteiger partial charge in [0.05, 0.1) is 22.2 Å². The molecule has 0 aliphatic heterocycles. The molecule has 0 bridgehead atoms. The van der Waals surface area contributed by atoms with Crippen LogP contribution in [0.3, 0.4) is 0 Å². The number of thiophene rings is 1. The van der Waals surface area contributed by atoms with Gasteiger partial charge in [-0.2, -0.15) is 0 Å². The van der Waals surface area contributed by atoms with Crippen LogP contribution in [0.4, 0.5) is 10.7 Å². The Morgan fingerprint density at radius 3 is 2.70 bits per heavy atom. The lowest BCUT2D eigenvalue weighted by molar-refractivity contribution is -0.380. The van der Waals surface area contributed by atoms with Crippen molar-refractivity contribution in [3.05, 3.63) is 48.2 Å². The Bertz CT molecular complexity index is 646. The van der Waals surface area contributed by atoms with E-state index in [-0.39, 0.29) is 9.92 Å². The number of ether oxygens (including phenoxy) is 1. The minimum Gasteiger partial charge on any atom is -0.495 e. The van der Waals surface area contributed by atoms with Crippen LogP contribution in [0.1, 0.15) is 4.88 Å². The number of rotatable bonds is 5. The highest BCUT2D eigenvalue weighted by molar-refractivity contribution is 9.11. The van der Waals surface area contributed by atoms with Gasteiger partial charge in [-0.15, -0.1) is 0 Å². The quantitative estimate of drug-likeness (QED) is 0.556. The lowest BCUT2D eigenvalue weighted by Crippen LogP contribution is -1.99. The van der Waals surface area contributed by atoms with Crippen LogP contribution in [0, 0.1) is 10.1 Å². The molecule has 0 aliphatic rings. The van der Waals surface area contributed by atoms with Crippen molar-refractivity contribution in [2.24, 2.45) is 0 Å². The summed E-state index contributed by atoms with van der Waals surface area (Å²) in [6.45, 7) is 0.516. The molecule has 0 saturated heterocycles. The maximum Gasteiger partial charge on any atom is 0.324 e. The van der Waals surface area contributed by atoms with Crippen molar-refractivity contribution in [3.63, 3.8) is 0 Å². The molecule has 1 N–H and O–H groups in total. The average molecular weight is 422 g/mol. The molecule has 20 heavy (non-hydrogen) atoms. The van der Waals surface area contributed by atoms with Gasteiger partial charge >= 0.3 is 5.00 Å². The molecule has 5 nitrogen and oxygen atoms in total. The van der Waals surface area contributed by atoms with E-state index in [2.05, 4.69) is 37.2 Å². The Hall–Kier alpha value is -1.12. The maximum absolute atomic E-state index is 10.6. The van der Waals surface area contributed by atoms with E-state index in [1.54, 1.807) is 13.2 Å². The van der Waals surface area contributed by atoms with Crippen molar-refractivity contribution in [1.82, 2.24) is 0 Å². The number of benzene rings is 1. The summed E-state index contributed by atoms with van der Waals surface area (Å²) in [6, 6.07) is 7.01. The number of anilines is 1. The molecule has 8 heteroatoms. The lowest BCUT2D eigenvalue weighted by atomic mass is 10.3. The number of hydrogen-bond acceptors (Lipinski definition) is 5. The van der Waals surface area contributed by atoms with E-state index in [9.17, 15) is 10.1 Å². The molecule has 0 unspecified atom stereocenters. The Balaban J connectivity index is 2.12. The molecule has 0 spiro atoms. The molecular formula is C12H10Br2N2O3S. The van der Waals surface area contributed by atoms with Crippen LogP contribution in [0.5, 0.6) is 5.75 Å². The van der Waals surface area contributed by atoms with Crippen molar-refractivity contribution in [1.29, 1.82) is 0 Å². The number of nitrogens with one attached hydrogen (secondary N) is 1. The molecule has 0 atom stereocenters. The predicted octanol–water partition coefficient (Wildman–Crippen LogP) is 4.80. The van der Waals surface area contributed by atoms with Gasteiger partial charge in [0.2, 0.25) is 0 Å². The first-order valence-electron chi connectivity index (χ1n) is 5.51. The van der Waals surface area contributed by atoms with E-state index in [0.29, 0.717) is 12.3 Å². The van der Waals surface area contributed by atoms with Crippen LogP contribution >= 0.6 is 43.2 Å². The molecule has 0 aliphatic carbocycles. The smallest absolute Gasteiger partial charge is 0.324 e. The monoisotopic (exact) mass is 420 g/mol. The second-order valence-corrected chi connectivity index (χ2v) is 6.67. The first-order valence-corrected chi connectivity index (χ1v) is 7.91. The molecule has 0 fully saturated rings. The summed E-state index contributed by atoms with van der Waals surface area (Å²) in [5, 5.41) is 14.0. The second kappa shape index (κ2) is 6.55. The first kappa shape index (κ1) is 15.3. The molecule has 1 heterocycles. The molecule has 0 saturated carbocycles. The highest BCUT2D eigenvalue weighted by Crippen LogP contribution is 2.35. The number of hydrogen-bond donors (Lipinski definition) is 1. The molecular weight excluding hydrogens is 412 g/mol. The Labute approximate surface area is 136 Å². The zero-order chi connectivity index (χ0) is 14.7. The number of halogens is 2. The minimum absolute atomic E-state index is 0.147. The zero-order valence-corrected chi connectivity index (χ0v) is 14.3. The number of methoxy groups -OCH3 is 1. The van der Waals surface area contributed by atoms with Gasteiger partial charge in [-0.25, -0.2) is 0 Å². The van der Waals surface area contributed by atoms with Crippen LogP contribution in [-0.4, -0.2) is 12.0 Å². The van der Waals surface area contributed by atoms with E-state index >= 15 is 0 Å². The highest BCUT2D eigenvalue weighted by atomic mass is 79.9. The van der Waals surface area contributed by atoms with Crippen LogP contribution in [-0.2, 0) is 6.54 Å². The molecule has 106 valence electrons. The summed E-state index contributed by atoms with van der Waals surface area (Å²) < 4.78 is 6.97. The Morgan fingerprint density at radius 1 is 1.35 bits per heavy atom. The van der Waals surface area contributed by atoms with Gasteiger partial charge < -0.3 is 10.1 Å². The van der Waals surface area contributed by atoms with Crippen LogP contribution in [0.15, 0.2) is 33.2 Å². The van der Waals surface area contributed by atoms with Gasteiger partial charge in [-0.3, -0.25) is 10.1 Å². The average Bonchev–Trinajstić information content (AvgIpc) is 2.87. The molecule has 1 aromatic carbocycles. The maximum atomic E-state index is 10.6. The summed E-state index contributed by atoms with van der Waals surface area (Å²) in [4.78, 5) is 11.1. The molecule has 0 radical (unpaired) electrons. The Morgan fingerprint density at radius 2 is 2.10 bits per heavy atom. The van der Waals surface area contributed by atoms with Crippen LogP contribution in [0.25, 0.3) is 0 Å².